The minimum atomic E-state index is -0.113. The quantitative estimate of drug-likeness (QED) is 0.495. The van der Waals surface area contributed by atoms with E-state index in [2.05, 4.69) is 26.0 Å². The van der Waals surface area contributed by atoms with Crippen molar-refractivity contribution in [2.45, 2.75) is 11.8 Å². The van der Waals surface area contributed by atoms with Gasteiger partial charge in [0.25, 0.3) is 5.91 Å². The van der Waals surface area contributed by atoms with Crippen LogP contribution in [0.3, 0.4) is 0 Å². The Labute approximate surface area is 160 Å². The van der Waals surface area contributed by atoms with E-state index in [-0.39, 0.29) is 5.91 Å². The van der Waals surface area contributed by atoms with Gasteiger partial charge in [-0.1, -0.05) is 28.1 Å². The second-order valence-electron chi connectivity index (χ2n) is 5.56. The predicted octanol–water partition coefficient (Wildman–Crippen LogP) is 6.13. The minimum absolute atomic E-state index is 0.113. The van der Waals surface area contributed by atoms with Gasteiger partial charge in [-0.2, -0.15) is 0 Å². The standard InChI is InChI=1S/C20H17BrN2OS/c1-14-3-2-4-18(13-14)22-20(24)15-5-9-17(10-6-15)23-25-19-11-7-16(21)8-12-19/h2-13,23H,1H3,(H,22,24). The lowest BCUT2D eigenvalue weighted by Gasteiger charge is -2.08. The molecule has 0 aromatic heterocycles. The lowest BCUT2D eigenvalue weighted by atomic mass is 10.2. The first-order chi connectivity index (χ1) is 12.1. The molecule has 0 aliphatic carbocycles. The van der Waals surface area contributed by atoms with E-state index in [1.165, 1.54) is 11.9 Å². The zero-order valence-electron chi connectivity index (χ0n) is 13.6. The fourth-order valence-electron chi connectivity index (χ4n) is 2.24. The van der Waals surface area contributed by atoms with Gasteiger partial charge in [0.15, 0.2) is 0 Å². The van der Waals surface area contributed by atoms with E-state index in [4.69, 9.17) is 0 Å². The SMILES string of the molecule is Cc1cccc(NC(=O)c2ccc(NSc3ccc(Br)cc3)cc2)c1. The number of nitrogens with one attached hydrogen (secondary N) is 2. The summed E-state index contributed by atoms with van der Waals surface area (Å²) in [7, 11) is 0. The molecule has 0 aliphatic rings. The molecule has 25 heavy (non-hydrogen) atoms. The Kier molecular flexibility index (Phi) is 5.79. The Bertz CT molecular complexity index is 864. The van der Waals surface area contributed by atoms with Gasteiger partial charge < -0.3 is 10.0 Å². The third-order valence-electron chi connectivity index (χ3n) is 3.52. The van der Waals surface area contributed by atoms with Crippen molar-refractivity contribution >= 4 is 45.2 Å². The number of amides is 1. The average molecular weight is 413 g/mol. The molecular formula is C20H17BrN2OS. The number of anilines is 2. The number of rotatable bonds is 5. The summed E-state index contributed by atoms with van der Waals surface area (Å²) in [5.74, 6) is -0.113. The van der Waals surface area contributed by atoms with Gasteiger partial charge in [-0.05, 0) is 85.1 Å². The van der Waals surface area contributed by atoms with Gasteiger partial charge in [0.2, 0.25) is 0 Å². The van der Waals surface area contributed by atoms with Crippen LogP contribution in [0.25, 0.3) is 0 Å². The molecule has 3 aromatic rings. The summed E-state index contributed by atoms with van der Waals surface area (Å²) >= 11 is 4.95. The first kappa shape index (κ1) is 17.6. The number of carbonyl (C=O) groups excluding carboxylic acids is 1. The van der Waals surface area contributed by atoms with Crippen molar-refractivity contribution in [1.29, 1.82) is 0 Å². The van der Waals surface area contributed by atoms with E-state index in [0.717, 1.165) is 26.3 Å². The molecule has 2 N–H and O–H groups in total. The van der Waals surface area contributed by atoms with Crippen molar-refractivity contribution in [2.75, 3.05) is 10.0 Å². The number of hydrogen-bond donors (Lipinski definition) is 2. The molecule has 126 valence electrons. The van der Waals surface area contributed by atoms with Gasteiger partial charge in [-0.25, -0.2) is 0 Å². The van der Waals surface area contributed by atoms with Crippen LogP contribution in [0.15, 0.2) is 82.2 Å². The number of halogens is 1. The molecule has 0 atom stereocenters. The summed E-state index contributed by atoms with van der Waals surface area (Å²) in [5.41, 5.74) is 3.49. The first-order valence-corrected chi connectivity index (χ1v) is 9.37. The Morgan fingerprint density at radius 1 is 0.920 bits per heavy atom. The summed E-state index contributed by atoms with van der Waals surface area (Å²) in [6.45, 7) is 2.00. The van der Waals surface area contributed by atoms with Gasteiger partial charge >= 0.3 is 0 Å². The van der Waals surface area contributed by atoms with Gasteiger partial charge in [0, 0.05) is 26.3 Å². The molecule has 0 radical (unpaired) electrons. The fraction of sp³-hybridized carbons (Fsp3) is 0.0500. The third kappa shape index (κ3) is 5.11. The number of benzene rings is 3. The number of carbonyl (C=O) groups is 1. The van der Waals surface area contributed by atoms with Crippen molar-refractivity contribution in [3.8, 4) is 0 Å². The van der Waals surface area contributed by atoms with Gasteiger partial charge in [-0.15, -0.1) is 0 Å². The topological polar surface area (TPSA) is 41.1 Å². The zero-order chi connectivity index (χ0) is 17.6. The van der Waals surface area contributed by atoms with Crippen LogP contribution in [0.2, 0.25) is 0 Å². The van der Waals surface area contributed by atoms with Crippen LogP contribution in [0.1, 0.15) is 15.9 Å². The van der Waals surface area contributed by atoms with Crippen LogP contribution in [0, 0.1) is 6.92 Å². The molecule has 0 bridgehead atoms. The number of hydrogen-bond acceptors (Lipinski definition) is 3. The molecule has 0 saturated carbocycles. The largest absolute Gasteiger partial charge is 0.326 e. The lowest BCUT2D eigenvalue weighted by Crippen LogP contribution is -2.11. The van der Waals surface area contributed by atoms with Gasteiger partial charge in [0.1, 0.15) is 0 Å². The monoisotopic (exact) mass is 412 g/mol. The van der Waals surface area contributed by atoms with E-state index >= 15 is 0 Å². The maximum Gasteiger partial charge on any atom is 0.255 e. The zero-order valence-corrected chi connectivity index (χ0v) is 16.0. The van der Waals surface area contributed by atoms with E-state index in [0.29, 0.717) is 5.56 Å². The first-order valence-electron chi connectivity index (χ1n) is 7.77. The van der Waals surface area contributed by atoms with E-state index < -0.39 is 0 Å². The molecule has 5 heteroatoms. The van der Waals surface area contributed by atoms with Crippen LogP contribution in [0.5, 0.6) is 0 Å². The predicted molar refractivity (Wildman–Crippen MR) is 109 cm³/mol. The third-order valence-corrected chi connectivity index (χ3v) is 4.90. The molecule has 3 rings (SSSR count). The summed E-state index contributed by atoms with van der Waals surface area (Å²) in [5, 5.41) is 2.91. The Balaban J connectivity index is 1.59. The number of aryl methyl sites for hydroxylation is 1. The second-order valence-corrected chi connectivity index (χ2v) is 7.35. The van der Waals surface area contributed by atoms with Crippen molar-refractivity contribution in [2.24, 2.45) is 0 Å². The van der Waals surface area contributed by atoms with Crippen LogP contribution < -0.4 is 10.0 Å². The van der Waals surface area contributed by atoms with Gasteiger partial charge in [0.05, 0.1) is 0 Å². The maximum atomic E-state index is 12.3. The Morgan fingerprint density at radius 3 is 2.32 bits per heavy atom. The molecule has 0 heterocycles. The molecule has 3 nitrogen and oxygen atoms in total. The highest BCUT2D eigenvalue weighted by molar-refractivity contribution is 9.10. The van der Waals surface area contributed by atoms with E-state index in [1.807, 2.05) is 79.7 Å². The molecule has 0 fully saturated rings. The van der Waals surface area contributed by atoms with Crippen molar-refractivity contribution in [1.82, 2.24) is 0 Å². The van der Waals surface area contributed by atoms with Crippen LogP contribution in [0.4, 0.5) is 11.4 Å². The average Bonchev–Trinajstić information content (AvgIpc) is 2.62. The van der Waals surface area contributed by atoms with Crippen LogP contribution in [-0.2, 0) is 0 Å². The molecule has 0 unspecified atom stereocenters. The highest BCUT2D eigenvalue weighted by atomic mass is 79.9. The minimum Gasteiger partial charge on any atom is -0.326 e. The van der Waals surface area contributed by atoms with Crippen LogP contribution >= 0.6 is 27.9 Å². The highest BCUT2D eigenvalue weighted by Crippen LogP contribution is 2.23. The second kappa shape index (κ2) is 8.23. The van der Waals surface area contributed by atoms with E-state index in [9.17, 15) is 4.79 Å². The molecule has 0 spiro atoms. The summed E-state index contributed by atoms with van der Waals surface area (Å²) < 4.78 is 4.33. The normalized spacial score (nSPS) is 10.3. The summed E-state index contributed by atoms with van der Waals surface area (Å²) in [4.78, 5) is 13.4. The summed E-state index contributed by atoms with van der Waals surface area (Å²) in [6.07, 6.45) is 0. The maximum absolute atomic E-state index is 12.3. The lowest BCUT2D eigenvalue weighted by molar-refractivity contribution is 0.102. The molecule has 3 aromatic carbocycles. The Hall–Kier alpha value is -2.24. The Morgan fingerprint density at radius 2 is 1.64 bits per heavy atom. The van der Waals surface area contributed by atoms with Crippen molar-refractivity contribution in [3.63, 3.8) is 0 Å². The highest BCUT2D eigenvalue weighted by Gasteiger charge is 2.06. The smallest absolute Gasteiger partial charge is 0.255 e. The van der Waals surface area contributed by atoms with Crippen molar-refractivity contribution < 1.29 is 4.79 Å². The molecule has 1 amide bonds. The van der Waals surface area contributed by atoms with E-state index in [1.54, 1.807) is 0 Å². The van der Waals surface area contributed by atoms with Crippen molar-refractivity contribution in [3.05, 3.63) is 88.4 Å². The summed E-state index contributed by atoms with van der Waals surface area (Å²) in [6, 6.07) is 23.3. The fourth-order valence-corrected chi connectivity index (χ4v) is 3.14. The molecule has 0 aliphatic heterocycles. The molecule has 0 saturated heterocycles. The van der Waals surface area contributed by atoms with Crippen LogP contribution in [-0.4, -0.2) is 5.91 Å². The van der Waals surface area contributed by atoms with Gasteiger partial charge in [-0.3, -0.25) is 4.79 Å². The molecular weight excluding hydrogens is 396 g/mol.